The third-order valence-electron chi connectivity index (χ3n) is 5.01. The van der Waals surface area contributed by atoms with E-state index < -0.39 is 0 Å². The smallest absolute Gasteiger partial charge is 0.224 e. The fourth-order valence-electron chi connectivity index (χ4n) is 3.51. The van der Waals surface area contributed by atoms with E-state index in [1.54, 1.807) is 15.6 Å². The van der Waals surface area contributed by atoms with Gasteiger partial charge in [-0.3, -0.25) is 14.3 Å². The van der Waals surface area contributed by atoms with Crippen molar-refractivity contribution < 1.29 is 4.79 Å². The molecule has 0 atom stereocenters. The molecule has 0 aliphatic heterocycles. The van der Waals surface area contributed by atoms with Crippen molar-refractivity contribution in [2.45, 2.75) is 19.5 Å². The molecule has 3 aromatic carbocycles. The van der Waals surface area contributed by atoms with Crippen molar-refractivity contribution in [3.8, 4) is 0 Å². The zero-order valence-corrected chi connectivity index (χ0v) is 15.7. The number of nitrogens with zero attached hydrogens (tertiary/aromatic N) is 3. The third-order valence-corrected chi connectivity index (χ3v) is 5.01. The van der Waals surface area contributed by atoms with Gasteiger partial charge in [-0.1, -0.05) is 54.6 Å². The molecule has 4 rings (SSSR count). The van der Waals surface area contributed by atoms with Crippen molar-refractivity contribution in [2.24, 2.45) is 0 Å². The number of benzene rings is 3. The van der Waals surface area contributed by atoms with Crippen molar-refractivity contribution in [1.29, 1.82) is 0 Å². The van der Waals surface area contributed by atoms with Gasteiger partial charge in [0, 0.05) is 25.4 Å². The van der Waals surface area contributed by atoms with Crippen molar-refractivity contribution >= 4 is 27.6 Å². The monoisotopic (exact) mass is 371 g/mol. The van der Waals surface area contributed by atoms with E-state index >= 15 is 0 Å². The standard InChI is InChI=1S/C23H21N3O2/c1-25(16-18-9-6-8-17-7-2-3-10-19(17)18)23(28)13-14-26-21-12-5-4-11-20(21)22(27)15-24-26/h2-12,15H,13-14,16H2,1H3. The van der Waals surface area contributed by atoms with Crippen LogP contribution in [-0.2, 0) is 17.9 Å². The second kappa shape index (κ2) is 7.64. The first-order chi connectivity index (χ1) is 13.6. The number of para-hydroxylation sites is 1. The molecular weight excluding hydrogens is 350 g/mol. The van der Waals surface area contributed by atoms with Crippen LogP contribution in [0.3, 0.4) is 0 Å². The molecule has 0 unspecified atom stereocenters. The highest BCUT2D eigenvalue weighted by Gasteiger charge is 2.12. The predicted octanol–water partition coefficient (Wildman–Crippen LogP) is 3.60. The molecule has 140 valence electrons. The third kappa shape index (κ3) is 3.51. The van der Waals surface area contributed by atoms with E-state index in [-0.39, 0.29) is 11.3 Å². The van der Waals surface area contributed by atoms with Crippen LogP contribution in [0.5, 0.6) is 0 Å². The van der Waals surface area contributed by atoms with E-state index in [1.807, 2.05) is 43.4 Å². The maximum Gasteiger partial charge on any atom is 0.224 e. The molecule has 0 saturated heterocycles. The minimum atomic E-state index is -0.105. The molecule has 0 saturated carbocycles. The predicted molar refractivity (Wildman–Crippen MR) is 111 cm³/mol. The highest BCUT2D eigenvalue weighted by atomic mass is 16.2. The Kier molecular flexibility index (Phi) is 4.89. The topological polar surface area (TPSA) is 55.2 Å². The lowest BCUT2D eigenvalue weighted by atomic mass is 10.0. The van der Waals surface area contributed by atoms with Gasteiger partial charge < -0.3 is 4.90 Å². The number of hydrogen-bond acceptors (Lipinski definition) is 3. The fourth-order valence-corrected chi connectivity index (χ4v) is 3.51. The molecular formula is C23H21N3O2. The Hall–Kier alpha value is -3.47. The van der Waals surface area contributed by atoms with Gasteiger partial charge in [0.1, 0.15) is 0 Å². The molecule has 5 heteroatoms. The maximum absolute atomic E-state index is 12.7. The van der Waals surface area contributed by atoms with E-state index in [2.05, 4.69) is 29.4 Å². The van der Waals surface area contributed by atoms with Crippen LogP contribution in [0.1, 0.15) is 12.0 Å². The van der Waals surface area contributed by atoms with Crippen LogP contribution in [0.4, 0.5) is 0 Å². The second-order valence-corrected chi connectivity index (χ2v) is 6.89. The lowest BCUT2D eigenvalue weighted by molar-refractivity contribution is -0.130. The Morgan fingerprint density at radius 1 is 0.964 bits per heavy atom. The summed E-state index contributed by atoms with van der Waals surface area (Å²) in [5, 5.41) is 7.15. The molecule has 1 amide bonds. The Morgan fingerprint density at radius 3 is 2.54 bits per heavy atom. The number of hydrogen-bond donors (Lipinski definition) is 0. The Balaban J connectivity index is 1.48. The molecule has 4 aromatic rings. The summed E-state index contributed by atoms with van der Waals surface area (Å²) >= 11 is 0. The van der Waals surface area contributed by atoms with Gasteiger partial charge in [-0.25, -0.2) is 0 Å². The number of carbonyl (C=O) groups excluding carboxylic acids is 1. The summed E-state index contributed by atoms with van der Waals surface area (Å²) in [5.41, 5.74) is 1.77. The lowest BCUT2D eigenvalue weighted by Crippen LogP contribution is -2.27. The zero-order valence-electron chi connectivity index (χ0n) is 15.7. The first kappa shape index (κ1) is 17.9. The molecule has 28 heavy (non-hydrogen) atoms. The van der Waals surface area contributed by atoms with Gasteiger partial charge in [0.05, 0.1) is 18.3 Å². The summed E-state index contributed by atoms with van der Waals surface area (Å²) in [7, 11) is 1.82. The highest BCUT2D eigenvalue weighted by Crippen LogP contribution is 2.20. The largest absolute Gasteiger partial charge is 0.341 e. The first-order valence-corrected chi connectivity index (χ1v) is 9.29. The van der Waals surface area contributed by atoms with Crippen LogP contribution in [-0.4, -0.2) is 27.6 Å². The van der Waals surface area contributed by atoms with Crippen LogP contribution in [0, 0.1) is 0 Å². The van der Waals surface area contributed by atoms with Gasteiger partial charge in [-0.05, 0) is 28.5 Å². The summed E-state index contributed by atoms with van der Waals surface area (Å²) in [6.07, 6.45) is 1.63. The van der Waals surface area contributed by atoms with E-state index in [9.17, 15) is 9.59 Å². The second-order valence-electron chi connectivity index (χ2n) is 6.89. The Bertz CT molecular complexity index is 1210. The van der Waals surface area contributed by atoms with Crippen molar-refractivity contribution in [2.75, 3.05) is 7.05 Å². The SMILES string of the molecule is CN(Cc1cccc2ccccc12)C(=O)CCn1ncc(=O)c2ccccc21. The van der Waals surface area contributed by atoms with Crippen LogP contribution in [0.15, 0.2) is 77.7 Å². The zero-order chi connectivity index (χ0) is 19.5. The van der Waals surface area contributed by atoms with Crippen LogP contribution < -0.4 is 5.43 Å². The number of aromatic nitrogens is 2. The molecule has 0 N–H and O–H groups in total. The maximum atomic E-state index is 12.7. The molecule has 1 aromatic heterocycles. The van der Waals surface area contributed by atoms with Crippen molar-refractivity contribution in [3.63, 3.8) is 0 Å². The summed E-state index contributed by atoms with van der Waals surface area (Å²) in [5.74, 6) is 0.0394. The Labute approximate surface area is 162 Å². The highest BCUT2D eigenvalue weighted by molar-refractivity contribution is 5.86. The molecule has 5 nitrogen and oxygen atoms in total. The van der Waals surface area contributed by atoms with Crippen LogP contribution in [0.2, 0.25) is 0 Å². The van der Waals surface area contributed by atoms with Gasteiger partial charge in [-0.2, -0.15) is 5.10 Å². The molecule has 0 radical (unpaired) electrons. The van der Waals surface area contributed by atoms with Crippen molar-refractivity contribution in [3.05, 3.63) is 88.7 Å². The minimum absolute atomic E-state index is 0.0394. The van der Waals surface area contributed by atoms with E-state index in [4.69, 9.17) is 0 Å². The summed E-state index contributed by atoms with van der Waals surface area (Å²) in [4.78, 5) is 26.4. The Morgan fingerprint density at radius 2 is 1.68 bits per heavy atom. The van der Waals surface area contributed by atoms with Gasteiger partial charge in [-0.15, -0.1) is 0 Å². The first-order valence-electron chi connectivity index (χ1n) is 9.29. The summed E-state index contributed by atoms with van der Waals surface area (Å²) < 4.78 is 1.72. The van der Waals surface area contributed by atoms with Gasteiger partial charge in [0.2, 0.25) is 11.3 Å². The number of fused-ring (bicyclic) bond motifs is 2. The average Bonchev–Trinajstić information content (AvgIpc) is 2.73. The number of rotatable bonds is 5. The minimum Gasteiger partial charge on any atom is -0.341 e. The number of amides is 1. The number of carbonyl (C=O) groups is 1. The molecule has 0 spiro atoms. The van der Waals surface area contributed by atoms with Gasteiger partial charge >= 0.3 is 0 Å². The van der Waals surface area contributed by atoms with E-state index in [0.717, 1.165) is 16.5 Å². The normalized spacial score (nSPS) is 11.0. The summed E-state index contributed by atoms with van der Waals surface area (Å²) in [6, 6.07) is 21.7. The van der Waals surface area contributed by atoms with Crippen LogP contribution in [0.25, 0.3) is 21.7 Å². The summed E-state index contributed by atoms with van der Waals surface area (Å²) in [6.45, 7) is 0.984. The van der Waals surface area contributed by atoms with Crippen LogP contribution >= 0.6 is 0 Å². The molecule has 0 fully saturated rings. The van der Waals surface area contributed by atoms with E-state index in [0.29, 0.717) is 24.9 Å². The fraction of sp³-hybridized carbons (Fsp3) is 0.174. The quantitative estimate of drug-likeness (QED) is 0.539. The molecule has 1 heterocycles. The van der Waals surface area contributed by atoms with Gasteiger partial charge in [0.25, 0.3) is 0 Å². The molecule has 0 aliphatic rings. The van der Waals surface area contributed by atoms with E-state index in [1.165, 1.54) is 11.6 Å². The molecule has 0 aliphatic carbocycles. The lowest BCUT2D eigenvalue weighted by Gasteiger charge is -2.19. The molecule has 0 bridgehead atoms. The van der Waals surface area contributed by atoms with Crippen molar-refractivity contribution in [1.82, 2.24) is 14.7 Å². The number of aryl methyl sites for hydroxylation is 1. The van der Waals surface area contributed by atoms with Gasteiger partial charge in [0.15, 0.2) is 0 Å². The average molecular weight is 371 g/mol.